The van der Waals surface area contributed by atoms with Gasteiger partial charge in [-0.05, 0) is 30.3 Å². The minimum atomic E-state index is -0.424. The summed E-state index contributed by atoms with van der Waals surface area (Å²) in [7, 11) is 0. The fourth-order valence-corrected chi connectivity index (χ4v) is 4.31. The molecular formula is C19H13Cl2FN2O2S2. The van der Waals surface area contributed by atoms with Crippen LogP contribution in [0.15, 0.2) is 47.4 Å². The van der Waals surface area contributed by atoms with Gasteiger partial charge in [0.2, 0.25) is 5.91 Å². The first kappa shape index (κ1) is 20.8. The number of carbonyl (C=O) groups excluding carboxylic acids is 2. The third-order valence-corrected chi connectivity index (χ3v) is 5.59. The molecule has 144 valence electrons. The summed E-state index contributed by atoms with van der Waals surface area (Å²) in [4.78, 5) is 26.4. The van der Waals surface area contributed by atoms with Crippen LogP contribution in [0, 0.1) is 5.82 Å². The number of rotatable bonds is 5. The third kappa shape index (κ3) is 5.11. The number of amides is 2. The molecule has 0 atom stereocenters. The van der Waals surface area contributed by atoms with E-state index in [2.05, 4.69) is 5.32 Å². The lowest BCUT2D eigenvalue weighted by Crippen LogP contribution is -2.31. The van der Waals surface area contributed by atoms with Gasteiger partial charge < -0.3 is 5.32 Å². The number of nitrogens with zero attached hydrogens (tertiary/aromatic N) is 1. The minimum absolute atomic E-state index is 0.0313. The molecule has 28 heavy (non-hydrogen) atoms. The zero-order chi connectivity index (χ0) is 20.3. The van der Waals surface area contributed by atoms with Gasteiger partial charge in [-0.2, -0.15) is 0 Å². The Bertz CT molecular complexity index is 977. The first-order valence-corrected chi connectivity index (χ1v) is 10.1. The summed E-state index contributed by atoms with van der Waals surface area (Å²) in [5.74, 6) is -1.09. The highest BCUT2D eigenvalue weighted by Gasteiger charge is 2.32. The molecule has 1 heterocycles. The van der Waals surface area contributed by atoms with Crippen molar-refractivity contribution in [2.24, 2.45) is 0 Å². The second-order valence-corrected chi connectivity index (χ2v) is 8.36. The summed E-state index contributed by atoms with van der Waals surface area (Å²) >= 11 is 18.1. The molecule has 2 aromatic carbocycles. The van der Waals surface area contributed by atoms with Gasteiger partial charge in [0.25, 0.3) is 5.91 Å². The van der Waals surface area contributed by atoms with Crippen LogP contribution in [0.1, 0.15) is 12.0 Å². The van der Waals surface area contributed by atoms with Crippen molar-refractivity contribution in [2.75, 3.05) is 11.9 Å². The van der Waals surface area contributed by atoms with Crippen molar-refractivity contribution in [3.05, 3.63) is 68.8 Å². The van der Waals surface area contributed by atoms with E-state index >= 15 is 0 Å². The highest BCUT2D eigenvalue weighted by atomic mass is 35.5. The molecule has 9 heteroatoms. The highest BCUT2D eigenvalue weighted by Crippen LogP contribution is 2.33. The number of hydrogen-bond acceptors (Lipinski definition) is 4. The van der Waals surface area contributed by atoms with Crippen LogP contribution in [-0.2, 0) is 9.59 Å². The van der Waals surface area contributed by atoms with Crippen molar-refractivity contribution in [3.63, 3.8) is 0 Å². The quantitative estimate of drug-likeness (QED) is 0.487. The van der Waals surface area contributed by atoms with E-state index in [0.717, 1.165) is 11.8 Å². The summed E-state index contributed by atoms with van der Waals surface area (Å²) in [6.07, 6.45) is 1.49. The Balaban J connectivity index is 1.63. The highest BCUT2D eigenvalue weighted by molar-refractivity contribution is 8.26. The Morgan fingerprint density at radius 2 is 1.89 bits per heavy atom. The standard InChI is InChI=1S/C19H13Cl2FN2O2S2/c20-12-8-13(21)10-14(9-12)23-17(25)5-6-24-18(26)16(28-19(24)27)7-11-3-1-2-4-15(11)22/h1-4,7-10H,5-6H2,(H,23,25)/b16-7-. The topological polar surface area (TPSA) is 49.4 Å². The van der Waals surface area contributed by atoms with E-state index in [9.17, 15) is 14.0 Å². The summed E-state index contributed by atoms with van der Waals surface area (Å²) in [6.45, 7) is 0.111. The fraction of sp³-hybridized carbons (Fsp3) is 0.105. The molecule has 0 aliphatic carbocycles. The molecule has 1 N–H and O–H groups in total. The van der Waals surface area contributed by atoms with Crippen LogP contribution >= 0.6 is 47.2 Å². The zero-order valence-corrected chi connectivity index (χ0v) is 17.4. The molecule has 2 amide bonds. The van der Waals surface area contributed by atoms with Crippen molar-refractivity contribution in [3.8, 4) is 0 Å². The van der Waals surface area contributed by atoms with Crippen molar-refractivity contribution < 1.29 is 14.0 Å². The number of halogens is 3. The Hall–Kier alpha value is -1.93. The molecule has 2 aromatic rings. The van der Waals surface area contributed by atoms with Gasteiger partial charge in [0.05, 0.1) is 4.91 Å². The molecule has 4 nitrogen and oxygen atoms in total. The molecular weight excluding hydrogens is 442 g/mol. The lowest BCUT2D eigenvalue weighted by atomic mass is 10.2. The van der Waals surface area contributed by atoms with Gasteiger partial charge >= 0.3 is 0 Å². The van der Waals surface area contributed by atoms with Crippen LogP contribution in [0.2, 0.25) is 10.0 Å². The van der Waals surface area contributed by atoms with E-state index in [-0.39, 0.29) is 24.8 Å². The first-order chi connectivity index (χ1) is 13.3. The van der Waals surface area contributed by atoms with E-state index in [1.807, 2.05) is 0 Å². The van der Waals surface area contributed by atoms with Crippen LogP contribution < -0.4 is 5.32 Å². The molecule has 0 bridgehead atoms. The van der Waals surface area contributed by atoms with Gasteiger partial charge in [-0.1, -0.05) is 65.4 Å². The van der Waals surface area contributed by atoms with E-state index in [4.69, 9.17) is 35.4 Å². The van der Waals surface area contributed by atoms with Crippen molar-refractivity contribution in [2.45, 2.75) is 6.42 Å². The smallest absolute Gasteiger partial charge is 0.266 e. The molecule has 0 spiro atoms. The molecule has 1 fully saturated rings. The molecule has 1 saturated heterocycles. The number of hydrogen-bond donors (Lipinski definition) is 1. The van der Waals surface area contributed by atoms with E-state index in [1.165, 1.54) is 17.0 Å². The Labute approximate surface area is 180 Å². The average Bonchev–Trinajstić information content (AvgIpc) is 2.87. The minimum Gasteiger partial charge on any atom is -0.326 e. The number of thiocarbonyl (C=S) groups is 1. The predicted molar refractivity (Wildman–Crippen MR) is 116 cm³/mol. The van der Waals surface area contributed by atoms with Gasteiger partial charge in [0.1, 0.15) is 10.1 Å². The number of carbonyl (C=O) groups is 2. The third-order valence-electron chi connectivity index (χ3n) is 3.77. The van der Waals surface area contributed by atoms with E-state index < -0.39 is 5.82 Å². The molecule has 0 unspecified atom stereocenters. The summed E-state index contributed by atoms with van der Waals surface area (Å²) in [5.41, 5.74) is 0.769. The van der Waals surface area contributed by atoms with Crippen molar-refractivity contribution >= 4 is 75.1 Å². The summed E-state index contributed by atoms with van der Waals surface area (Å²) in [6, 6.07) is 10.8. The van der Waals surface area contributed by atoms with E-state index in [1.54, 1.807) is 36.4 Å². The normalized spacial score (nSPS) is 15.4. The average molecular weight is 455 g/mol. The molecule has 0 radical (unpaired) electrons. The molecule has 3 rings (SSSR count). The van der Waals surface area contributed by atoms with Crippen LogP contribution in [0.3, 0.4) is 0 Å². The zero-order valence-electron chi connectivity index (χ0n) is 14.2. The SMILES string of the molecule is O=C(CCN1C(=O)/C(=C/c2ccccc2F)SC1=S)Nc1cc(Cl)cc(Cl)c1. The lowest BCUT2D eigenvalue weighted by molar-refractivity contribution is -0.122. The second-order valence-electron chi connectivity index (χ2n) is 5.81. The number of thioether (sulfide) groups is 1. The molecule has 0 saturated carbocycles. The Morgan fingerprint density at radius 3 is 2.57 bits per heavy atom. The van der Waals surface area contributed by atoms with Crippen molar-refractivity contribution in [1.82, 2.24) is 4.90 Å². The maximum atomic E-state index is 13.8. The van der Waals surface area contributed by atoms with Gasteiger partial charge in [-0.3, -0.25) is 14.5 Å². The lowest BCUT2D eigenvalue weighted by Gasteiger charge is -2.14. The van der Waals surface area contributed by atoms with Gasteiger partial charge in [-0.15, -0.1) is 0 Å². The molecule has 1 aliphatic rings. The molecule has 1 aliphatic heterocycles. The second kappa shape index (κ2) is 9.05. The van der Waals surface area contributed by atoms with Crippen LogP contribution in [-0.4, -0.2) is 27.6 Å². The Kier molecular flexibility index (Phi) is 6.72. The largest absolute Gasteiger partial charge is 0.326 e. The predicted octanol–water partition coefficient (Wildman–Crippen LogP) is 5.36. The van der Waals surface area contributed by atoms with Gasteiger partial charge in [-0.25, -0.2) is 4.39 Å². The van der Waals surface area contributed by atoms with Gasteiger partial charge in [0.15, 0.2) is 0 Å². The number of benzene rings is 2. The van der Waals surface area contributed by atoms with Crippen LogP contribution in [0.5, 0.6) is 0 Å². The van der Waals surface area contributed by atoms with Crippen molar-refractivity contribution in [1.29, 1.82) is 0 Å². The fourth-order valence-electron chi connectivity index (χ4n) is 2.49. The monoisotopic (exact) mass is 454 g/mol. The Morgan fingerprint density at radius 1 is 1.21 bits per heavy atom. The number of nitrogens with one attached hydrogen (secondary N) is 1. The number of anilines is 1. The van der Waals surface area contributed by atoms with Crippen LogP contribution in [0.25, 0.3) is 6.08 Å². The van der Waals surface area contributed by atoms with Gasteiger partial charge in [0, 0.05) is 34.3 Å². The maximum Gasteiger partial charge on any atom is 0.266 e. The summed E-state index contributed by atoms with van der Waals surface area (Å²) in [5, 5.41) is 3.48. The summed E-state index contributed by atoms with van der Waals surface area (Å²) < 4.78 is 14.1. The van der Waals surface area contributed by atoms with E-state index in [0.29, 0.717) is 30.5 Å². The van der Waals surface area contributed by atoms with Crippen LogP contribution in [0.4, 0.5) is 10.1 Å². The maximum absolute atomic E-state index is 13.8. The first-order valence-electron chi connectivity index (χ1n) is 8.09. The molecule has 0 aromatic heterocycles.